The van der Waals surface area contributed by atoms with Gasteiger partial charge in [0.1, 0.15) is 0 Å². The topological polar surface area (TPSA) is 23.5 Å². The summed E-state index contributed by atoms with van der Waals surface area (Å²) in [4.78, 5) is 2.42. The van der Waals surface area contributed by atoms with Crippen LogP contribution in [-0.4, -0.2) is 17.2 Å². The van der Waals surface area contributed by atoms with E-state index in [-0.39, 0.29) is 5.54 Å². The van der Waals surface area contributed by atoms with Crippen molar-refractivity contribution < 1.29 is 5.11 Å². The number of anilines is 1. The Kier molecular flexibility index (Phi) is 3.50. The van der Waals surface area contributed by atoms with Crippen LogP contribution < -0.4 is 4.90 Å². The maximum atomic E-state index is 9.88. The maximum Gasteiger partial charge on any atom is 0.0782 e. The molecule has 0 bridgehead atoms. The summed E-state index contributed by atoms with van der Waals surface area (Å²) in [6.07, 6.45) is 2.01. The summed E-state index contributed by atoms with van der Waals surface area (Å²) in [5.74, 6) is 0. The van der Waals surface area contributed by atoms with E-state index in [0.29, 0.717) is 0 Å². The molecular formula is C14H20BrNO. The summed E-state index contributed by atoms with van der Waals surface area (Å²) in [7, 11) is 0. The zero-order valence-electron chi connectivity index (χ0n) is 10.7. The second kappa shape index (κ2) is 4.62. The first-order chi connectivity index (χ1) is 7.92. The van der Waals surface area contributed by atoms with E-state index in [0.717, 1.165) is 22.3 Å². The fourth-order valence-electron chi connectivity index (χ4n) is 2.66. The highest BCUT2D eigenvalue weighted by atomic mass is 79.9. The number of benzene rings is 1. The summed E-state index contributed by atoms with van der Waals surface area (Å²) in [6.45, 7) is 7.44. The monoisotopic (exact) mass is 297 g/mol. The van der Waals surface area contributed by atoms with Crippen molar-refractivity contribution in [1.29, 1.82) is 0 Å². The molecule has 0 spiro atoms. The third-order valence-corrected chi connectivity index (χ3v) is 4.13. The van der Waals surface area contributed by atoms with Crippen LogP contribution in [-0.2, 0) is 0 Å². The van der Waals surface area contributed by atoms with Gasteiger partial charge in [0.25, 0.3) is 0 Å². The molecule has 0 saturated carbocycles. The summed E-state index contributed by atoms with van der Waals surface area (Å²) < 4.78 is 1.07. The van der Waals surface area contributed by atoms with Crippen molar-refractivity contribution in [3.63, 3.8) is 0 Å². The van der Waals surface area contributed by atoms with Gasteiger partial charge in [-0.15, -0.1) is 0 Å². The molecular weight excluding hydrogens is 278 g/mol. The zero-order valence-corrected chi connectivity index (χ0v) is 12.3. The zero-order chi connectivity index (χ0) is 12.6. The van der Waals surface area contributed by atoms with Gasteiger partial charge in [-0.1, -0.05) is 22.0 Å². The Balaban J connectivity index is 2.46. The molecule has 2 nitrogen and oxygen atoms in total. The van der Waals surface area contributed by atoms with Crippen molar-refractivity contribution in [3.8, 4) is 0 Å². The molecule has 1 saturated heterocycles. The number of rotatable bonds is 2. The second-order valence-corrected chi connectivity index (χ2v) is 6.36. The predicted molar refractivity (Wildman–Crippen MR) is 75.4 cm³/mol. The van der Waals surface area contributed by atoms with Gasteiger partial charge in [0.15, 0.2) is 0 Å². The standard InChI is InChI=1S/C14H20BrNO/c1-10(17)12-6-5-11(15)9-13(12)16-8-4-7-14(16,2)3/h5-6,9-10,17H,4,7-8H2,1-3H3. The highest BCUT2D eigenvalue weighted by Gasteiger charge is 2.33. The maximum absolute atomic E-state index is 9.88. The van der Waals surface area contributed by atoms with E-state index in [9.17, 15) is 5.11 Å². The van der Waals surface area contributed by atoms with Gasteiger partial charge in [-0.05, 0) is 45.7 Å². The molecule has 0 aromatic heterocycles. The van der Waals surface area contributed by atoms with Crippen molar-refractivity contribution in [3.05, 3.63) is 28.2 Å². The normalized spacial score (nSPS) is 20.6. The van der Waals surface area contributed by atoms with E-state index in [2.05, 4.69) is 40.7 Å². The van der Waals surface area contributed by atoms with Gasteiger partial charge in [-0.3, -0.25) is 0 Å². The molecule has 0 amide bonds. The molecule has 1 aromatic rings. The SMILES string of the molecule is CC(O)c1ccc(Br)cc1N1CCCC1(C)C. The van der Waals surface area contributed by atoms with Crippen LogP contribution >= 0.6 is 15.9 Å². The lowest BCUT2D eigenvalue weighted by molar-refractivity contribution is 0.199. The molecule has 3 heteroatoms. The lowest BCUT2D eigenvalue weighted by Gasteiger charge is -2.35. The van der Waals surface area contributed by atoms with Gasteiger partial charge in [-0.25, -0.2) is 0 Å². The van der Waals surface area contributed by atoms with Gasteiger partial charge in [0.05, 0.1) is 6.10 Å². The fraction of sp³-hybridized carbons (Fsp3) is 0.571. The molecule has 1 aromatic carbocycles. The molecule has 2 rings (SSSR count). The Bertz CT molecular complexity index is 415. The number of aliphatic hydroxyl groups excluding tert-OH is 1. The molecule has 1 N–H and O–H groups in total. The van der Waals surface area contributed by atoms with E-state index >= 15 is 0 Å². The van der Waals surface area contributed by atoms with E-state index in [1.54, 1.807) is 0 Å². The average Bonchev–Trinajstić information content (AvgIpc) is 2.57. The Morgan fingerprint density at radius 1 is 1.41 bits per heavy atom. The van der Waals surface area contributed by atoms with E-state index in [1.165, 1.54) is 12.8 Å². The molecule has 0 aliphatic carbocycles. The van der Waals surface area contributed by atoms with Crippen molar-refractivity contribution in [1.82, 2.24) is 0 Å². The Morgan fingerprint density at radius 2 is 2.12 bits per heavy atom. The van der Waals surface area contributed by atoms with Gasteiger partial charge in [0, 0.05) is 27.8 Å². The van der Waals surface area contributed by atoms with Crippen LogP contribution in [0, 0.1) is 0 Å². The number of halogens is 1. The molecule has 1 fully saturated rings. The van der Waals surface area contributed by atoms with Crippen molar-refractivity contribution >= 4 is 21.6 Å². The van der Waals surface area contributed by atoms with Crippen LogP contribution in [0.15, 0.2) is 22.7 Å². The van der Waals surface area contributed by atoms with Crippen molar-refractivity contribution in [2.24, 2.45) is 0 Å². The minimum atomic E-state index is -0.422. The summed E-state index contributed by atoms with van der Waals surface area (Å²) >= 11 is 3.52. The molecule has 17 heavy (non-hydrogen) atoms. The lowest BCUT2D eigenvalue weighted by atomic mass is 9.99. The third kappa shape index (κ3) is 2.50. The van der Waals surface area contributed by atoms with E-state index < -0.39 is 6.10 Å². The Morgan fingerprint density at radius 3 is 2.65 bits per heavy atom. The number of aliphatic hydroxyl groups is 1. The number of nitrogens with zero attached hydrogens (tertiary/aromatic N) is 1. The minimum Gasteiger partial charge on any atom is -0.389 e. The van der Waals surface area contributed by atoms with Crippen LogP contribution in [0.4, 0.5) is 5.69 Å². The van der Waals surface area contributed by atoms with Crippen LogP contribution in [0.2, 0.25) is 0 Å². The van der Waals surface area contributed by atoms with Crippen LogP contribution in [0.25, 0.3) is 0 Å². The second-order valence-electron chi connectivity index (χ2n) is 5.45. The molecule has 1 atom stereocenters. The van der Waals surface area contributed by atoms with Gasteiger partial charge in [0.2, 0.25) is 0 Å². The first-order valence-corrected chi connectivity index (χ1v) is 6.96. The van der Waals surface area contributed by atoms with Gasteiger partial charge >= 0.3 is 0 Å². The number of hydrogen-bond donors (Lipinski definition) is 1. The average molecular weight is 298 g/mol. The first-order valence-electron chi connectivity index (χ1n) is 6.17. The van der Waals surface area contributed by atoms with Crippen LogP contribution in [0.5, 0.6) is 0 Å². The van der Waals surface area contributed by atoms with Gasteiger partial charge < -0.3 is 10.0 Å². The summed E-state index contributed by atoms with van der Waals surface area (Å²) in [5.41, 5.74) is 2.37. The quantitative estimate of drug-likeness (QED) is 0.895. The Labute approximate surface area is 112 Å². The van der Waals surface area contributed by atoms with Crippen LogP contribution in [0.3, 0.4) is 0 Å². The first kappa shape index (κ1) is 12.9. The Hall–Kier alpha value is -0.540. The third-order valence-electron chi connectivity index (χ3n) is 3.63. The smallest absolute Gasteiger partial charge is 0.0782 e. The molecule has 1 heterocycles. The van der Waals surface area contributed by atoms with Crippen molar-refractivity contribution in [2.75, 3.05) is 11.4 Å². The lowest BCUT2D eigenvalue weighted by Crippen LogP contribution is -2.38. The summed E-state index contributed by atoms with van der Waals surface area (Å²) in [6, 6.07) is 6.13. The highest BCUT2D eigenvalue weighted by molar-refractivity contribution is 9.10. The highest BCUT2D eigenvalue weighted by Crippen LogP contribution is 2.38. The van der Waals surface area contributed by atoms with Gasteiger partial charge in [-0.2, -0.15) is 0 Å². The largest absolute Gasteiger partial charge is 0.389 e. The van der Waals surface area contributed by atoms with E-state index in [1.807, 2.05) is 19.1 Å². The molecule has 94 valence electrons. The molecule has 0 radical (unpaired) electrons. The van der Waals surface area contributed by atoms with Crippen molar-refractivity contribution in [2.45, 2.75) is 45.3 Å². The van der Waals surface area contributed by atoms with Crippen LogP contribution in [0.1, 0.15) is 45.3 Å². The summed E-state index contributed by atoms with van der Waals surface area (Å²) in [5, 5.41) is 9.88. The predicted octanol–water partition coefficient (Wildman–Crippen LogP) is 3.88. The number of hydrogen-bond acceptors (Lipinski definition) is 2. The molecule has 1 aliphatic heterocycles. The molecule has 1 unspecified atom stereocenters. The minimum absolute atomic E-state index is 0.185. The molecule has 1 aliphatic rings. The van der Waals surface area contributed by atoms with E-state index in [4.69, 9.17) is 0 Å². The fourth-order valence-corrected chi connectivity index (χ4v) is 3.01.